The molecule has 35 heavy (non-hydrogen) atoms. The van der Waals surface area contributed by atoms with Crippen LogP contribution in [0.25, 0.3) is 11.3 Å². The van der Waals surface area contributed by atoms with Crippen LogP contribution in [-0.4, -0.2) is 11.0 Å². The maximum absolute atomic E-state index is 12.7. The molecule has 2 aromatic rings. The zero-order valence-electron chi connectivity index (χ0n) is 22.3. The normalized spacial score (nSPS) is 17.9. The zero-order chi connectivity index (χ0) is 24.7. The number of aromatic nitrogens is 1. The fourth-order valence-corrected chi connectivity index (χ4v) is 5.29. The van der Waals surface area contributed by atoms with E-state index < -0.39 is 0 Å². The molecule has 0 radical (unpaired) electrons. The van der Waals surface area contributed by atoms with Gasteiger partial charge < -0.3 is 4.74 Å². The van der Waals surface area contributed by atoms with Gasteiger partial charge in [-0.15, -0.1) is 0 Å². The molecule has 0 saturated heterocycles. The summed E-state index contributed by atoms with van der Waals surface area (Å²) in [5, 5.41) is 0. The van der Waals surface area contributed by atoms with E-state index in [0.717, 1.165) is 36.4 Å². The average Bonchev–Trinajstić information content (AvgIpc) is 2.89. The van der Waals surface area contributed by atoms with Crippen LogP contribution in [0.2, 0.25) is 0 Å². The molecule has 0 aliphatic heterocycles. The second kappa shape index (κ2) is 15.8. The third-order valence-electron chi connectivity index (χ3n) is 7.66. The first kappa shape index (κ1) is 27.4. The molecule has 0 spiro atoms. The lowest BCUT2D eigenvalue weighted by molar-refractivity contribution is -0.140. The smallest absolute Gasteiger partial charge is 0.314 e. The van der Waals surface area contributed by atoms with E-state index in [0.29, 0.717) is 5.75 Å². The van der Waals surface area contributed by atoms with Crippen LogP contribution in [0.15, 0.2) is 42.6 Å². The number of nitrogens with zero attached hydrogens (tertiary/aromatic N) is 1. The van der Waals surface area contributed by atoms with Gasteiger partial charge in [0.25, 0.3) is 0 Å². The highest BCUT2D eigenvalue weighted by Crippen LogP contribution is 2.33. The van der Waals surface area contributed by atoms with E-state index in [2.05, 4.69) is 31.0 Å². The van der Waals surface area contributed by atoms with Gasteiger partial charge in [-0.25, -0.2) is 0 Å². The molecule has 1 aromatic carbocycles. The van der Waals surface area contributed by atoms with Gasteiger partial charge in [-0.2, -0.15) is 0 Å². The number of unbranched alkanes of at least 4 members (excludes halogenated alkanes) is 8. The van der Waals surface area contributed by atoms with Crippen molar-refractivity contribution < 1.29 is 9.53 Å². The van der Waals surface area contributed by atoms with E-state index in [1.54, 1.807) is 0 Å². The van der Waals surface area contributed by atoms with Crippen molar-refractivity contribution in [2.24, 2.45) is 11.8 Å². The fraction of sp³-hybridized carbons (Fsp3) is 0.625. The summed E-state index contributed by atoms with van der Waals surface area (Å²) in [6.07, 6.45) is 22.0. The van der Waals surface area contributed by atoms with Crippen LogP contribution in [0.1, 0.15) is 116 Å². The quantitative estimate of drug-likeness (QED) is 0.146. The highest BCUT2D eigenvalue weighted by Gasteiger charge is 2.27. The van der Waals surface area contributed by atoms with Crippen LogP contribution >= 0.6 is 0 Å². The average molecular weight is 478 g/mol. The van der Waals surface area contributed by atoms with E-state index in [4.69, 9.17) is 4.74 Å². The Kier molecular flexibility index (Phi) is 12.3. The Hall–Kier alpha value is -2.16. The number of carbonyl (C=O) groups excluding carboxylic acids is 1. The van der Waals surface area contributed by atoms with Crippen molar-refractivity contribution in [2.45, 2.75) is 117 Å². The molecule has 0 bridgehead atoms. The molecule has 3 heteroatoms. The number of pyridine rings is 1. The molecular weight excluding hydrogens is 430 g/mol. The fourth-order valence-electron chi connectivity index (χ4n) is 5.29. The van der Waals surface area contributed by atoms with Gasteiger partial charge in [0.2, 0.25) is 0 Å². The van der Waals surface area contributed by atoms with Gasteiger partial charge in [0, 0.05) is 11.8 Å². The third-order valence-corrected chi connectivity index (χ3v) is 7.66. The maximum Gasteiger partial charge on any atom is 0.314 e. The van der Waals surface area contributed by atoms with E-state index in [9.17, 15) is 4.79 Å². The van der Waals surface area contributed by atoms with Gasteiger partial charge in [0.05, 0.1) is 11.6 Å². The van der Waals surface area contributed by atoms with Gasteiger partial charge in [-0.1, -0.05) is 84.1 Å². The van der Waals surface area contributed by atoms with E-state index in [1.165, 1.54) is 89.0 Å². The van der Waals surface area contributed by atoms with Gasteiger partial charge in [0.15, 0.2) is 0 Å². The largest absolute Gasteiger partial charge is 0.426 e. The Morgan fingerprint density at radius 2 is 1.46 bits per heavy atom. The summed E-state index contributed by atoms with van der Waals surface area (Å²) in [7, 11) is 0. The van der Waals surface area contributed by atoms with Gasteiger partial charge >= 0.3 is 5.97 Å². The lowest BCUT2D eigenvalue weighted by atomic mass is 9.80. The van der Waals surface area contributed by atoms with Crippen molar-refractivity contribution in [1.82, 2.24) is 4.98 Å². The Bertz CT molecular complexity index is 835. The SMILES string of the molecule is CCCCCCCCCc1ccc(-c2ccc(OC(=O)[C@H]3CC[C@H](CCCCC)CC3)cc2)nc1. The number of carbonyl (C=O) groups is 1. The minimum atomic E-state index is -0.0578. The molecule has 0 unspecified atom stereocenters. The third kappa shape index (κ3) is 9.78. The molecule has 1 fully saturated rings. The minimum Gasteiger partial charge on any atom is -0.426 e. The monoisotopic (exact) mass is 477 g/mol. The van der Waals surface area contributed by atoms with Crippen LogP contribution in [0, 0.1) is 11.8 Å². The second-order valence-electron chi connectivity index (χ2n) is 10.6. The molecule has 1 aliphatic rings. The van der Waals surface area contributed by atoms with E-state index in [1.807, 2.05) is 30.5 Å². The summed E-state index contributed by atoms with van der Waals surface area (Å²) < 4.78 is 5.72. The summed E-state index contributed by atoms with van der Waals surface area (Å²) >= 11 is 0. The van der Waals surface area contributed by atoms with Gasteiger partial charge in [0.1, 0.15) is 5.75 Å². The first-order chi connectivity index (χ1) is 17.2. The molecule has 0 atom stereocenters. The Morgan fingerprint density at radius 1 is 0.800 bits per heavy atom. The number of esters is 1. The number of hydrogen-bond acceptors (Lipinski definition) is 3. The van der Waals surface area contributed by atoms with Crippen molar-refractivity contribution in [3.63, 3.8) is 0 Å². The lowest BCUT2D eigenvalue weighted by Gasteiger charge is -2.27. The van der Waals surface area contributed by atoms with Crippen molar-refractivity contribution in [1.29, 1.82) is 0 Å². The summed E-state index contributed by atoms with van der Waals surface area (Å²) in [4.78, 5) is 17.3. The molecule has 0 amide bonds. The maximum atomic E-state index is 12.7. The predicted molar refractivity (Wildman–Crippen MR) is 147 cm³/mol. The molecule has 0 N–H and O–H groups in total. The summed E-state index contributed by atoms with van der Waals surface area (Å²) in [6, 6.07) is 12.1. The van der Waals surface area contributed by atoms with Gasteiger partial charge in [-0.05, 0) is 80.3 Å². The first-order valence-corrected chi connectivity index (χ1v) is 14.5. The van der Waals surface area contributed by atoms with Crippen LogP contribution in [0.4, 0.5) is 0 Å². The number of aryl methyl sites for hydroxylation is 1. The molecular formula is C32H47NO2. The summed E-state index contributed by atoms with van der Waals surface area (Å²) in [5.74, 6) is 1.44. The standard InChI is InChI=1S/C32H47NO2/c1-3-5-7-8-9-10-12-14-27-17-24-31(33-25-27)28-20-22-30(23-21-28)35-32(34)29-18-15-26(16-19-29)13-11-6-4-2/h17,20-26,29H,3-16,18-19H2,1-2H3/t26-,29-. The van der Waals surface area contributed by atoms with Crippen molar-refractivity contribution in [3.05, 3.63) is 48.2 Å². The Balaban J connectivity index is 1.39. The number of ether oxygens (including phenoxy) is 1. The molecule has 192 valence electrons. The van der Waals surface area contributed by atoms with Crippen LogP contribution < -0.4 is 4.74 Å². The summed E-state index contributed by atoms with van der Waals surface area (Å²) in [6.45, 7) is 4.52. The second-order valence-corrected chi connectivity index (χ2v) is 10.6. The number of benzene rings is 1. The molecule has 1 aromatic heterocycles. The molecule has 3 nitrogen and oxygen atoms in total. The highest BCUT2D eigenvalue weighted by atomic mass is 16.5. The topological polar surface area (TPSA) is 39.2 Å². The summed E-state index contributed by atoms with van der Waals surface area (Å²) in [5.41, 5.74) is 3.33. The highest BCUT2D eigenvalue weighted by molar-refractivity contribution is 5.75. The van der Waals surface area contributed by atoms with Gasteiger partial charge in [-0.3, -0.25) is 9.78 Å². The minimum absolute atomic E-state index is 0.0578. The predicted octanol–water partition coefficient (Wildman–Crippen LogP) is 9.33. The number of rotatable bonds is 15. The lowest BCUT2D eigenvalue weighted by Crippen LogP contribution is -2.25. The molecule has 1 heterocycles. The van der Waals surface area contributed by atoms with E-state index >= 15 is 0 Å². The zero-order valence-corrected chi connectivity index (χ0v) is 22.3. The van der Waals surface area contributed by atoms with Crippen molar-refractivity contribution in [3.8, 4) is 17.0 Å². The van der Waals surface area contributed by atoms with E-state index in [-0.39, 0.29) is 11.9 Å². The number of hydrogen-bond donors (Lipinski definition) is 0. The molecule has 3 rings (SSSR count). The van der Waals surface area contributed by atoms with Crippen LogP contribution in [0.3, 0.4) is 0 Å². The van der Waals surface area contributed by atoms with Crippen molar-refractivity contribution in [2.75, 3.05) is 0 Å². The van der Waals surface area contributed by atoms with Crippen LogP contribution in [-0.2, 0) is 11.2 Å². The molecule has 1 saturated carbocycles. The Morgan fingerprint density at radius 3 is 2.11 bits per heavy atom. The molecule has 1 aliphatic carbocycles. The van der Waals surface area contributed by atoms with Crippen molar-refractivity contribution >= 4 is 5.97 Å². The first-order valence-electron chi connectivity index (χ1n) is 14.5. The van der Waals surface area contributed by atoms with Crippen LogP contribution in [0.5, 0.6) is 5.75 Å². The Labute approximate surface area is 214 Å².